The Balaban J connectivity index is 1.19. The summed E-state index contributed by atoms with van der Waals surface area (Å²) in [4.78, 5) is 13.7. The predicted molar refractivity (Wildman–Crippen MR) is 176 cm³/mol. The molecule has 218 valence electrons. The molecule has 2 saturated heterocycles. The van der Waals surface area contributed by atoms with E-state index in [2.05, 4.69) is 76.8 Å². The second kappa shape index (κ2) is 12.2. The average Bonchev–Trinajstić information content (AvgIpc) is 3.82. The van der Waals surface area contributed by atoms with Crippen LogP contribution in [0.2, 0.25) is 0 Å². The number of rotatable bonds is 8. The summed E-state index contributed by atoms with van der Waals surface area (Å²) in [6, 6.07) is 28.6. The van der Waals surface area contributed by atoms with Crippen molar-refractivity contribution in [2.75, 3.05) is 31.5 Å². The van der Waals surface area contributed by atoms with Gasteiger partial charge in [-0.1, -0.05) is 42.0 Å². The van der Waals surface area contributed by atoms with Gasteiger partial charge in [0, 0.05) is 40.2 Å². The topological polar surface area (TPSA) is 71.6 Å². The van der Waals surface area contributed by atoms with Crippen LogP contribution in [0.15, 0.2) is 90.3 Å². The van der Waals surface area contributed by atoms with Gasteiger partial charge in [0.2, 0.25) is 0 Å². The number of hydrogen-bond acceptors (Lipinski definition) is 6. The standard InChI is InChI=1S/C36H35N3O3S/c1-23-2-4-24(5-3-23)32-20-28(9-11-34(32)42-30-13-16-38-22-30)39-36(40)27-8-10-33(41-29-12-15-37-21-29)31(18-27)26-7-6-25-14-17-43-35(25)19-26/h2-11,14,17-20,29-30,37-38H,12-13,15-16,21-22H2,1H3,(H,39,40)/t29-,30-/m0/s1. The number of amides is 1. The van der Waals surface area contributed by atoms with Crippen molar-refractivity contribution in [2.24, 2.45) is 0 Å². The highest BCUT2D eigenvalue weighted by atomic mass is 32.1. The Hall–Kier alpha value is -4.17. The number of nitrogens with one attached hydrogen (secondary N) is 3. The molecule has 1 aromatic heterocycles. The molecule has 2 fully saturated rings. The Morgan fingerprint density at radius 2 is 1.44 bits per heavy atom. The molecule has 7 rings (SSSR count). The number of ether oxygens (including phenoxy) is 2. The van der Waals surface area contributed by atoms with Gasteiger partial charge in [0.05, 0.1) is 0 Å². The molecule has 0 bridgehead atoms. The number of aryl methyl sites for hydroxylation is 1. The first kappa shape index (κ1) is 27.7. The number of anilines is 1. The molecule has 3 heterocycles. The number of hydrogen-bond donors (Lipinski definition) is 3. The smallest absolute Gasteiger partial charge is 0.255 e. The summed E-state index contributed by atoms with van der Waals surface area (Å²) >= 11 is 1.71. The van der Waals surface area contributed by atoms with E-state index in [0.717, 1.165) is 78.5 Å². The molecular formula is C36H35N3O3S. The third-order valence-electron chi connectivity index (χ3n) is 8.23. The molecule has 1 amide bonds. The highest BCUT2D eigenvalue weighted by Gasteiger charge is 2.21. The van der Waals surface area contributed by atoms with Crippen molar-refractivity contribution in [1.29, 1.82) is 0 Å². The van der Waals surface area contributed by atoms with E-state index in [4.69, 9.17) is 9.47 Å². The van der Waals surface area contributed by atoms with Crippen LogP contribution in [-0.2, 0) is 0 Å². The van der Waals surface area contributed by atoms with Gasteiger partial charge in [-0.2, -0.15) is 0 Å². The molecule has 2 atom stereocenters. The zero-order chi connectivity index (χ0) is 29.2. The number of carbonyl (C=O) groups is 1. The lowest BCUT2D eigenvalue weighted by Crippen LogP contribution is -2.20. The summed E-state index contributed by atoms with van der Waals surface area (Å²) < 4.78 is 14.0. The minimum Gasteiger partial charge on any atom is -0.488 e. The largest absolute Gasteiger partial charge is 0.488 e. The van der Waals surface area contributed by atoms with Crippen LogP contribution < -0.4 is 25.4 Å². The zero-order valence-corrected chi connectivity index (χ0v) is 25.0. The van der Waals surface area contributed by atoms with Crippen LogP contribution >= 0.6 is 11.3 Å². The molecule has 6 nitrogen and oxygen atoms in total. The van der Waals surface area contributed by atoms with Crippen LogP contribution in [0.4, 0.5) is 5.69 Å². The van der Waals surface area contributed by atoms with Crippen molar-refractivity contribution in [3.63, 3.8) is 0 Å². The fourth-order valence-corrected chi connectivity index (χ4v) is 6.64. The first-order chi connectivity index (χ1) is 21.1. The fraction of sp³-hybridized carbons (Fsp3) is 0.250. The summed E-state index contributed by atoms with van der Waals surface area (Å²) in [5.74, 6) is 1.45. The van der Waals surface area contributed by atoms with Crippen molar-refractivity contribution in [3.05, 3.63) is 101 Å². The van der Waals surface area contributed by atoms with Crippen molar-refractivity contribution in [2.45, 2.75) is 32.0 Å². The maximum Gasteiger partial charge on any atom is 0.255 e. The SMILES string of the molecule is Cc1ccc(-c2cc(NC(=O)c3ccc(O[C@H]4CCNC4)c(-c4ccc5ccsc5c4)c3)ccc2O[C@H]2CCNC2)cc1. The van der Waals surface area contributed by atoms with E-state index in [0.29, 0.717) is 5.56 Å². The van der Waals surface area contributed by atoms with E-state index in [9.17, 15) is 4.79 Å². The third kappa shape index (κ3) is 6.15. The minimum absolute atomic E-state index is 0.116. The van der Waals surface area contributed by atoms with E-state index in [-0.39, 0.29) is 18.1 Å². The average molecular weight is 590 g/mol. The van der Waals surface area contributed by atoms with Crippen LogP contribution in [0.3, 0.4) is 0 Å². The second-order valence-electron chi connectivity index (χ2n) is 11.4. The van der Waals surface area contributed by atoms with Gasteiger partial charge in [-0.3, -0.25) is 4.79 Å². The normalized spacial score (nSPS) is 18.2. The van der Waals surface area contributed by atoms with E-state index in [1.165, 1.54) is 15.6 Å². The van der Waals surface area contributed by atoms with Crippen molar-refractivity contribution in [1.82, 2.24) is 10.6 Å². The Bertz CT molecular complexity index is 1750. The molecule has 3 N–H and O–H groups in total. The lowest BCUT2D eigenvalue weighted by molar-refractivity contribution is 0.102. The van der Waals surface area contributed by atoms with Gasteiger partial charge < -0.3 is 25.4 Å². The molecule has 0 saturated carbocycles. The first-order valence-electron chi connectivity index (χ1n) is 15.0. The van der Waals surface area contributed by atoms with E-state index >= 15 is 0 Å². The molecule has 0 radical (unpaired) electrons. The Kier molecular flexibility index (Phi) is 7.85. The number of carbonyl (C=O) groups excluding carboxylic acids is 1. The quantitative estimate of drug-likeness (QED) is 0.178. The number of thiophene rings is 1. The van der Waals surface area contributed by atoms with Gasteiger partial charge in [0.15, 0.2) is 0 Å². The maximum absolute atomic E-state index is 13.7. The lowest BCUT2D eigenvalue weighted by atomic mass is 10.00. The molecule has 4 aromatic carbocycles. The van der Waals surface area contributed by atoms with Crippen LogP contribution in [0.25, 0.3) is 32.3 Å². The lowest BCUT2D eigenvalue weighted by Gasteiger charge is -2.19. The van der Waals surface area contributed by atoms with E-state index < -0.39 is 0 Å². The second-order valence-corrected chi connectivity index (χ2v) is 12.3. The van der Waals surface area contributed by atoms with E-state index in [1.807, 2.05) is 36.4 Å². The van der Waals surface area contributed by atoms with Crippen LogP contribution in [0, 0.1) is 6.92 Å². The molecule has 43 heavy (non-hydrogen) atoms. The molecule has 0 unspecified atom stereocenters. The molecule has 0 spiro atoms. The zero-order valence-electron chi connectivity index (χ0n) is 24.2. The Morgan fingerprint density at radius 1 is 0.767 bits per heavy atom. The van der Waals surface area contributed by atoms with Crippen molar-refractivity contribution in [3.8, 4) is 33.8 Å². The maximum atomic E-state index is 13.7. The van der Waals surface area contributed by atoms with Crippen LogP contribution in [0.1, 0.15) is 28.8 Å². The van der Waals surface area contributed by atoms with Crippen molar-refractivity contribution >= 4 is 33.0 Å². The predicted octanol–water partition coefficient (Wildman–Crippen LogP) is 7.28. The third-order valence-corrected chi connectivity index (χ3v) is 9.11. The summed E-state index contributed by atoms with van der Waals surface area (Å²) in [6.07, 6.45) is 2.19. The first-order valence-corrected chi connectivity index (χ1v) is 15.9. The molecule has 2 aliphatic heterocycles. The summed E-state index contributed by atoms with van der Waals surface area (Å²) in [6.45, 7) is 5.66. The van der Waals surface area contributed by atoms with Crippen molar-refractivity contribution < 1.29 is 14.3 Å². The Labute approximate surface area is 256 Å². The summed E-state index contributed by atoms with van der Waals surface area (Å²) in [7, 11) is 0. The van der Waals surface area contributed by atoms with Gasteiger partial charge in [0.25, 0.3) is 5.91 Å². The van der Waals surface area contributed by atoms with Gasteiger partial charge in [-0.15, -0.1) is 11.3 Å². The van der Waals surface area contributed by atoms with Gasteiger partial charge in [0.1, 0.15) is 23.7 Å². The molecular weight excluding hydrogens is 554 g/mol. The molecule has 7 heteroatoms. The Morgan fingerprint density at radius 3 is 2.14 bits per heavy atom. The van der Waals surface area contributed by atoms with E-state index in [1.54, 1.807) is 11.3 Å². The summed E-state index contributed by atoms with van der Waals surface area (Å²) in [5, 5.41) is 13.2. The van der Waals surface area contributed by atoms with Gasteiger partial charge in [-0.05, 0) is 103 Å². The highest BCUT2D eigenvalue weighted by molar-refractivity contribution is 7.17. The highest BCUT2D eigenvalue weighted by Crippen LogP contribution is 2.37. The summed E-state index contributed by atoms with van der Waals surface area (Å²) in [5.41, 5.74) is 6.46. The number of fused-ring (bicyclic) bond motifs is 1. The molecule has 5 aromatic rings. The number of benzene rings is 4. The van der Waals surface area contributed by atoms with Gasteiger partial charge in [-0.25, -0.2) is 0 Å². The fourth-order valence-electron chi connectivity index (χ4n) is 5.81. The monoisotopic (exact) mass is 589 g/mol. The molecule has 2 aliphatic rings. The van der Waals surface area contributed by atoms with Crippen LogP contribution in [-0.4, -0.2) is 44.3 Å². The minimum atomic E-state index is -0.170. The van der Waals surface area contributed by atoms with Gasteiger partial charge >= 0.3 is 0 Å². The van der Waals surface area contributed by atoms with Crippen LogP contribution in [0.5, 0.6) is 11.5 Å². The molecule has 0 aliphatic carbocycles.